The maximum absolute atomic E-state index is 12.5. The first-order valence-corrected chi connectivity index (χ1v) is 11.3. The van der Waals surface area contributed by atoms with E-state index in [1.807, 2.05) is 26.8 Å². The summed E-state index contributed by atoms with van der Waals surface area (Å²) in [5.74, 6) is -0.355. The molecular weight excluding hydrogens is 294 g/mol. The van der Waals surface area contributed by atoms with Gasteiger partial charge < -0.3 is 9.64 Å². The quantitative estimate of drug-likeness (QED) is 0.590. The molecule has 4 nitrogen and oxygen atoms in total. The fourth-order valence-electron chi connectivity index (χ4n) is 2.80. The minimum Gasteiger partial charge on any atom is -0.462 e. The Kier molecular flexibility index (Phi) is 5.79. The molecular formula is C17H29NO3Si. The molecule has 1 aliphatic carbocycles. The number of hydrogen-bond acceptors (Lipinski definition) is 3. The van der Waals surface area contributed by atoms with Crippen LogP contribution in [0.3, 0.4) is 0 Å². The Labute approximate surface area is 135 Å². The Morgan fingerprint density at radius 1 is 1.27 bits per heavy atom. The highest BCUT2D eigenvalue weighted by atomic mass is 28.3. The van der Waals surface area contributed by atoms with E-state index in [4.69, 9.17) is 4.74 Å². The van der Waals surface area contributed by atoms with E-state index >= 15 is 0 Å². The molecule has 0 spiro atoms. The van der Waals surface area contributed by atoms with Crippen LogP contribution >= 0.6 is 0 Å². The minimum atomic E-state index is -1.77. The van der Waals surface area contributed by atoms with Gasteiger partial charge in [-0.05, 0) is 25.0 Å². The fraction of sp³-hybridized carbons (Fsp3) is 0.647. The molecule has 2 atom stereocenters. The molecule has 0 saturated carbocycles. The van der Waals surface area contributed by atoms with Gasteiger partial charge in [-0.25, -0.2) is 4.79 Å². The third-order valence-electron chi connectivity index (χ3n) is 4.25. The Morgan fingerprint density at radius 3 is 2.23 bits per heavy atom. The molecule has 22 heavy (non-hydrogen) atoms. The van der Waals surface area contributed by atoms with Crippen LogP contribution in [0.25, 0.3) is 0 Å². The van der Waals surface area contributed by atoms with Crippen molar-refractivity contribution in [1.82, 2.24) is 4.90 Å². The molecule has 0 fully saturated rings. The molecule has 0 heterocycles. The molecule has 1 aliphatic rings. The van der Waals surface area contributed by atoms with Crippen LogP contribution in [0.5, 0.6) is 0 Å². The van der Waals surface area contributed by atoms with Crippen LogP contribution in [0.15, 0.2) is 22.4 Å². The van der Waals surface area contributed by atoms with E-state index in [9.17, 15) is 9.59 Å². The van der Waals surface area contributed by atoms with E-state index in [0.717, 1.165) is 10.8 Å². The van der Waals surface area contributed by atoms with Crippen molar-refractivity contribution in [2.24, 2.45) is 11.8 Å². The van der Waals surface area contributed by atoms with Gasteiger partial charge in [-0.1, -0.05) is 38.2 Å². The first-order chi connectivity index (χ1) is 10.0. The maximum atomic E-state index is 12.5. The molecule has 1 amide bonds. The zero-order valence-corrected chi connectivity index (χ0v) is 16.1. The van der Waals surface area contributed by atoms with Crippen LogP contribution in [0.1, 0.15) is 20.8 Å². The molecule has 124 valence electrons. The zero-order chi connectivity index (χ0) is 17.2. The van der Waals surface area contributed by atoms with Gasteiger partial charge in [0.25, 0.3) is 0 Å². The zero-order valence-electron chi connectivity index (χ0n) is 15.1. The number of amides is 1. The summed E-state index contributed by atoms with van der Waals surface area (Å²) < 4.78 is 5.26. The number of allylic oxidation sites excluding steroid dienone is 1. The first kappa shape index (κ1) is 18.7. The standard InChI is InChI=1S/C17H29NO3Si/c1-9-21-17(20)15-12(3)11(2)13(16(19)18(4)5)10-14(15)22(6,7)8/h10-11,13H,9H2,1-8H3/t11-,13-/m0/s1. The number of carbonyl (C=O) groups excluding carboxylic acids is 2. The van der Waals surface area contributed by atoms with E-state index in [2.05, 4.69) is 19.6 Å². The van der Waals surface area contributed by atoms with Crippen molar-refractivity contribution in [2.75, 3.05) is 20.7 Å². The van der Waals surface area contributed by atoms with E-state index in [-0.39, 0.29) is 23.7 Å². The van der Waals surface area contributed by atoms with E-state index in [1.165, 1.54) is 0 Å². The average Bonchev–Trinajstić information content (AvgIpc) is 2.39. The number of ether oxygens (including phenoxy) is 1. The third-order valence-corrected chi connectivity index (χ3v) is 6.28. The van der Waals surface area contributed by atoms with Crippen molar-refractivity contribution in [3.8, 4) is 0 Å². The summed E-state index contributed by atoms with van der Waals surface area (Å²) in [6.07, 6.45) is 2.03. The third kappa shape index (κ3) is 3.69. The molecule has 0 bridgehead atoms. The van der Waals surface area contributed by atoms with E-state index in [1.54, 1.807) is 19.0 Å². The maximum Gasteiger partial charge on any atom is 0.337 e. The fourth-order valence-corrected chi connectivity index (χ4v) is 4.53. The minimum absolute atomic E-state index is 0.00871. The summed E-state index contributed by atoms with van der Waals surface area (Å²) in [4.78, 5) is 26.5. The van der Waals surface area contributed by atoms with Crippen molar-refractivity contribution >= 4 is 20.0 Å². The van der Waals surface area contributed by atoms with Gasteiger partial charge in [0.2, 0.25) is 5.91 Å². The lowest BCUT2D eigenvalue weighted by Gasteiger charge is -2.35. The average molecular weight is 324 g/mol. The lowest BCUT2D eigenvalue weighted by atomic mass is 9.80. The molecule has 0 saturated heterocycles. The van der Waals surface area contributed by atoms with Crippen LogP contribution in [-0.4, -0.2) is 45.6 Å². The topological polar surface area (TPSA) is 46.6 Å². The van der Waals surface area contributed by atoms with Crippen LogP contribution in [0.2, 0.25) is 19.6 Å². The van der Waals surface area contributed by atoms with Crippen LogP contribution < -0.4 is 0 Å². The molecule has 0 unspecified atom stereocenters. The van der Waals surface area contributed by atoms with Crippen LogP contribution in [-0.2, 0) is 14.3 Å². The normalized spacial score (nSPS) is 22.3. The highest BCUT2D eigenvalue weighted by Crippen LogP contribution is 2.38. The summed E-state index contributed by atoms with van der Waals surface area (Å²) in [5.41, 5.74) is 1.68. The van der Waals surface area contributed by atoms with Crippen molar-refractivity contribution in [3.05, 3.63) is 22.4 Å². The number of rotatable bonds is 4. The summed E-state index contributed by atoms with van der Waals surface area (Å²) in [5, 5.41) is 1.04. The second-order valence-electron chi connectivity index (χ2n) is 7.16. The number of carbonyl (C=O) groups is 2. The molecule has 0 aliphatic heterocycles. The van der Waals surface area contributed by atoms with Gasteiger partial charge in [-0.3, -0.25) is 4.79 Å². The molecule has 0 aromatic heterocycles. The Morgan fingerprint density at radius 2 is 1.82 bits per heavy atom. The lowest BCUT2D eigenvalue weighted by molar-refractivity contribution is -0.138. The number of nitrogens with zero attached hydrogens (tertiary/aromatic N) is 1. The van der Waals surface area contributed by atoms with Crippen molar-refractivity contribution in [1.29, 1.82) is 0 Å². The monoisotopic (exact) mass is 323 g/mol. The molecule has 5 heteroatoms. The number of hydrogen-bond donors (Lipinski definition) is 0. The van der Waals surface area contributed by atoms with Crippen LogP contribution in [0, 0.1) is 11.8 Å². The predicted octanol–water partition coefficient (Wildman–Crippen LogP) is 3.02. The first-order valence-electron chi connectivity index (χ1n) is 7.84. The van der Waals surface area contributed by atoms with Gasteiger partial charge in [0, 0.05) is 14.1 Å². The van der Waals surface area contributed by atoms with Crippen molar-refractivity contribution < 1.29 is 14.3 Å². The molecule has 0 aromatic rings. The second-order valence-corrected chi connectivity index (χ2v) is 12.2. The van der Waals surface area contributed by atoms with Crippen LogP contribution in [0.4, 0.5) is 0 Å². The van der Waals surface area contributed by atoms with Gasteiger partial charge >= 0.3 is 5.97 Å². The Balaban J connectivity index is 3.42. The highest BCUT2D eigenvalue weighted by Gasteiger charge is 2.38. The van der Waals surface area contributed by atoms with Gasteiger partial charge in [-0.2, -0.15) is 0 Å². The second kappa shape index (κ2) is 6.81. The highest BCUT2D eigenvalue weighted by molar-refractivity contribution is 6.84. The molecule has 0 aromatic carbocycles. The Hall–Kier alpha value is -1.36. The van der Waals surface area contributed by atoms with E-state index < -0.39 is 8.07 Å². The van der Waals surface area contributed by atoms with Crippen molar-refractivity contribution in [2.45, 2.75) is 40.4 Å². The lowest BCUT2D eigenvalue weighted by Crippen LogP contribution is -2.39. The Bertz CT molecular complexity index is 527. The summed E-state index contributed by atoms with van der Waals surface area (Å²) >= 11 is 0. The summed E-state index contributed by atoms with van der Waals surface area (Å²) in [6.45, 7) is 12.7. The molecule has 1 rings (SSSR count). The van der Waals surface area contributed by atoms with Gasteiger partial charge in [0.1, 0.15) is 0 Å². The van der Waals surface area contributed by atoms with Gasteiger partial charge in [-0.15, -0.1) is 0 Å². The largest absolute Gasteiger partial charge is 0.462 e. The number of esters is 1. The van der Waals surface area contributed by atoms with E-state index in [0.29, 0.717) is 12.2 Å². The van der Waals surface area contributed by atoms with Crippen molar-refractivity contribution in [3.63, 3.8) is 0 Å². The SMILES string of the molecule is CCOC(=O)C1=C(C)[C@H](C)[C@@H](C(=O)N(C)C)C=C1[Si](C)(C)C. The summed E-state index contributed by atoms with van der Waals surface area (Å²) in [6, 6.07) is 0. The molecule has 0 radical (unpaired) electrons. The van der Waals surface area contributed by atoms with Gasteiger partial charge in [0.05, 0.1) is 26.2 Å². The predicted molar refractivity (Wildman–Crippen MR) is 92.1 cm³/mol. The smallest absolute Gasteiger partial charge is 0.337 e. The summed E-state index contributed by atoms with van der Waals surface area (Å²) in [7, 11) is 1.78. The van der Waals surface area contributed by atoms with Gasteiger partial charge in [0.15, 0.2) is 0 Å². The molecule has 0 N–H and O–H groups in total.